The molecule has 0 aliphatic carbocycles. The summed E-state index contributed by atoms with van der Waals surface area (Å²) >= 11 is 0. The summed E-state index contributed by atoms with van der Waals surface area (Å²) in [6.45, 7) is 4.24. The molecule has 10 heteroatoms. The number of carbonyl (C=O) groups excluding carboxylic acids is 1. The number of anilines is 2. The molecule has 4 rings (SSSR count). The summed E-state index contributed by atoms with van der Waals surface area (Å²) in [5.41, 5.74) is 3.46. The highest BCUT2D eigenvalue weighted by atomic mass is 19.4. The summed E-state index contributed by atoms with van der Waals surface area (Å²) in [4.78, 5) is 16.2. The number of aromatic nitrogens is 2. The molecular weight excluding hydrogens is 447 g/mol. The minimum absolute atomic E-state index is 0.318. The van der Waals surface area contributed by atoms with E-state index in [4.69, 9.17) is 0 Å². The second-order valence-electron chi connectivity index (χ2n) is 7.80. The summed E-state index contributed by atoms with van der Waals surface area (Å²) in [6.07, 6.45) is -3.77. The molecule has 0 unspecified atom stereocenters. The van der Waals surface area contributed by atoms with E-state index in [1.807, 2.05) is 24.3 Å². The third-order valence-electron chi connectivity index (χ3n) is 5.54. The van der Waals surface area contributed by atoms with E-state index in [0.717, 1.165) is 35.6 Å². The monoisotopic (exact) mass is 471 g/mol. The number of ether oxygens (including phenoxy) is 1. The Kier molecular flexibility index (Phi) is 6.85. The van der Waals surface area contributed by atoms with E-state index in [9.17, 15) is 18.0 Å². The third-order valence-corrected chi connectivity index (χ3v) is 5.54. The van der Waals surface area contributed by atoms with Crippen molar-refractivity contribution >= 4 is 17.5 Å². The summed E-state index contributed by atoms with van der Waals surface area (Å²) in [5.74, 6) is 0.401. The predicted octanol–water partition coefficient (Wildman–Crippen LogP) is 4.96. The second kappa shape index (κ2) is 9.98. The van der Waals surface area contributed by atoms with Crippen LogP contribution < -0.4 is 15.0 Å². The number of hydrogen-bond donors (Lipinski definition) is 1. The van der Waals surface area contributed by atoms with Crippen LogP contribution in [-0.4, -0.2) is 53.7 Å². The lowest BCUT2D eigenvalue weighted by Gasteiger charge is -2.35. The van der Waals surface area contributed by atoms with Crippen molar-refractivity contribution in [1.29, 1.82) is 0 Å². The first kappa shape index (κ1) is 23.3. The van der Waals surface area contributed by atoms with Crippen LogP contribution in [0.4, 0.5) is 29.5 Å². The van der Waals surface area contributed by atoms with Crippen molar-refractivity contribution in [3.05, 3.63) is 66.2 Å². The Morgan fingerprint density at radius 1 is 0.941 bits per heavy atom. The molecule has 2 aromatic carbocycles. The van der Waals surface area contributed by atoms with Crippen LogP contribution in [0, 0.1) is 0 Å². The van der Waals surface area contributed by atoms with Gasteiger partial charge in [0.1, 0.15) is 5.75 Å². The van der Waals surface area contributed by atoms with Crippen LogP contribution in [0.2, 0.25) is 0 Å². The molecule has 0 spiro atoms. The van der Waals surface area contributed by atoms with Crippen molar-refractivity contribution in [2.24, 2.45) is 0 Å². The van der Waals surface area contributed by atoms with E-state index < -0.39 is 6.36 Å². The number of carbonyl (C=O) groups is 1. The van der Waals surface area contributed by atoms with Gasteiger partial charge in [-0.2, -0.15) is 0 Å². The molecule has 2 amide bonds. The number of benzene rings is 2. The number of alkyl halides is 3. The standard InChI is InChI=1S/C24H24F3N5O2/c1-2-17-3-5-18(6-4-17)21-11-12-22(30-29-21)31-13-15-32(16-14-31)23(33)28-19-7-9-20(10-8-19)34-24(25,26)27/h3-12H,2,13-16H2,1H3,(H,28,33). The molecule has 2 heterocycles. The Morgan fingerprint density at radius 3 is 2.18 bits per heavy atom. The summed E-state index contributed by atoms with van der Waals surface area (Å²) in [6, 6.07) is 16.8. The van der Waals surface area contributed by atoms with Crippen molar-refractivity contribution in [2.75, 3.05) is 36.4 Å². The zero-order valence-electron chi connectivity index (χ0n) is 18.5. The lowest BCUT2D eigenvalue weighted by molar-refractivity contribution is -0.274. The van der Waals surface area contributed by atoms with Gasteiger partial charge in [-0.15, -0.1) is 23.4 Å². The molecule has 1 aliphatic heterocycles. The Morgan fingerprint density at radius 2 is 1.62 bits per heavy atom. The molecule has 7 nitrogen and oxygen atoms in total. The average Bonchev–Trinajstić information content (AvgIpc) is 2.85. The van der Waals surface area contributed by atoms with Gasteiger partial charge in [-0.3, -0.25) is 0 Å². The van der Waals surface area contributed by atoms with Crippen LogP contribution in [0.1, 0.15) is 12.5 Å². The maximum atomic E-state index is 12.5. The highest BCUT2D eigenvalue weighted by Crippen LogP contribution is 2.24. The highest BCUT2D eigenvalue weighted by molar-refractivity contribution is 5.89. The van der Waals surface area contributed by atoms with Gasteiger partial charge in [-0.25, -0.2) is 4.79 Å². The highest BCUT2D eigenvalue weighted by Gasteiger charge is 2.31. The van der Waals surface area contributed by atoms with Gasteiger partial charge < -0.3 is 19.9 Å². The summed E-state index contributed by atoms with van der Waals surface area (Å²) in [7, 11) is 0. The fourth-order valence-electron chi connectivity index (χ4n) is 3.64. The molecule has 0 atom stereocenters. The molecule has 1 aliphatic rings. The Hall–Kier alpha value is -3.82. The van der Waals surface area contributed by atoms with Gasteiger partial charge in [0.25, 0.3) is 0 Å². The predicted molar refractivity (Wildman–Crippen MR) is 123 cm³/mol. The molecule has 34 heavy (non-hydrogen) atoms. The quantitative estimate of drug-likeness (QED) is 0.570. The van der Waals surface area contributed by atoms with Gasteiger partial charge in [0, 0.05) is 37.4 Å². The molecule has 1 aromatic heterocycles. The topological polar surface area (TPSA) is 70.6 Å². The summed E-state index contributed by atoms with van der Waals surface area (Å²) < 4.78 is 40.6. The third kappa shape index (κ3) is 5.94. The fraction of sp³-hybridized carbons (Fsp3) is 0.292. The first-order valence-electron chi connectivity index (χ1n) is 10.9. The first-order valence-corrected chi connectivity index (χ1v) is 10.9. The number of halogens is 3. The molecule has 1 fully saturated rings. The number of nitrogens with one attached hydrogen (secondary N) is 1. The van der Waals surface area contributed by atoms with Gasteiger partial charge in [-0.05, 0) is 48.4 Å². The number of urea groups is 1. The van der Waals surface area contributed by atoms with Gasteiger partial charge in [0.2, 0.25) is 0 Å². The zero-order valence-corrected chi connectivity index (χ0v) is 18.5. The van der Waals surface area contributed by atoms with E-state index in [0.29, 0.717) is 31.9 Å². The van der Waals surface area contributed by atoms with Crippen LogP contribution in [-0.2, 0) is 6.42 Å². The van der Waals surface area contributed by atoms with Crippen molar-refractivity contribution in [3.8, 4) is 17.0 Å². The second-order valence-corrected chi connectivity index (χ2v) is 7.80. The minimum atomic E-state index is -4.75. The normalized spacial score (nSPS) is 14.1. The molecule has 1 N–H and O–H groups in total. The Bertz CT molecular complexity index is 1100. The van der Waals surface area contributed by atoms with Crippen LogP contribution in [0.25, 0.3) is 11.3 Å². The first-order chi connectivity index (χ1) is 16.3. The van der Waals surface area contributed by atoms with Crippen molar-refractivity contribution < 1.29 is 22.7 Å². The maximum Gasteiger partial charge on any atom is 0.573 e. The lowest BCUT2D eigenvalue weighted by atomic mass is 10.1. The van der Waals surface area contributed by atoms with Gasteiger partial charge in [0.05, 0.1) is 5.69 Å². The number of nitrogens with zero attached hydrogens (tertiary/aromatic N) is 4. The smallest absolute Gasteiger partial charge is 0.406 e. The molecular formula is C24H24F3N5O2. The van der Waals surface area contributed by atoms with E-state index in [1.54, 1.807) is 4.90 Å². The molecule has 1 saturated heterocycles. The van der Waals surface area contributed by atoms with Crippen LogP contribution in [0.3, 0.4) is 0 Å². The van der Waals surface area contributed by atoms with Crippen molar-refractivity contribution in [3.63, 3.8) is 0 Å². The SMILES string of the molecule is CCc1ccc(-c2ccc(N3CCN(C(=O)Nc4ccc(OC(F)(F)F)cc4)CC3)nn2)cc1. The van der Waals surface area contributed by atoms with Crippen LogP contribution in [0.5, 0.6) is 5.75 Å². The number of amides is 2. The van der Waals surface area contributed by atoms with E-state index in [2.05, 4.69) is 44.2 Å². The molecule has 0 radical (unpaired) electrons. The van der Waals surface area contributed by atoms with Gasteiger partial charge in [0.15, 0.2) is 5.82 Å². The van der Waals surface area contributed by atoms with Crippen molar-refractivity contribution in [2.45, 2.75) is 19.7 Å². The maximum absolute atomic E-state index is 12.5. The number of rotatable bonds is 5. The molecule has 178 valence electrons. The van der Waals surface area contributed by atoms with E-state index in [-0.39, 0.29) is 11.8 Å². The Labute approximate surface area is 195 Å². The van der Waals surface area contributed by atoms with Crippen LogP contribution in [0.15, 0.2) is 60.7 Å². The Balaban J connectivity index is 1.29. The van der Waals surface area contributed by atoms with Gasteiger partial charge in [-0.1, -0.05) is 31.2 Å². The largest absolute Gasteiger partial charge is 0.573 e. The molecule has 0 saturated carbocycles. The summed E-state index contributed by atoms with van der Waals surface area (Å²) in [5, 5.41) is 11.4. The zero-order chi connectivity index (χ0) is 24.1. The molecule has 3 aromatic rings. The minimum Gasteiger partial charge on any atom is -0.406 e. The van der Waals surface area contributed by atoms with Crippen molar-refractivity contribution in [1.82, 2.24) is 15.1 Å². The average molecular weight is 471 g/mol. The number of hydrogen-bond acceptors (Lipinski definition) is 5. The lowest BCUT2D eigenvalue weighted by Crippen LogP contribution is -2.50. The number of piperazine rings is 1. The number of aryl methyl sites for hydroxylation is 1. The van der Waals surface area contributed by atoms with E-state index in [1.165, 1.54) is 17.7 Å². The van der Waals surface area contributed by atoms with Crippen LogP contribution >= 0.6 is 0 Å². The van der Waals surface area contributed by atoms with E-state index >= 15 is 0 Å². The molecule has 0 bridgehead atoms. The van der Waals surface area contributed by atoms with Gasteiger partial charge >= 0.3 is 12.4 Å². The fourth-order valence-corrected chi connectivity index (χ4v) is 3.64.